The van der Waals surface area contributed by atoms with Gasteiger partial charge in [0.25, 0.3) is 15.9 Å². The Balaban J connectivity index is 1.45. The highest BCUT2D eigenvalue weighted by atomic mass is 32.2. The molecule has 9 nitrogen and oxygen atoms in total. The Hall–Kier alpha value is -3.01. The highest BCUT2D eigenvalue weighted by Gasteiger charge is 2.51. The van der Waals surface area contributed by atoms with Crippen LogP contribution in [-0.2, 0) is 29.1 Å². The number of fused-ring (bicyclic) bond motifs is 2. The van der Waals surface area contributed by atoms with Crippen LogP contribution in [0, 0.1) is 17.8 Å². The summed E-state index contributed by atoms with van der Waals surface area (Å²) in [7, 11) is -4.01. The summed E-state index contributed by atoms with van der Waals surface area (Å²) in [4.78, 5) is 52.3. The van der Waals surface area contributed by atoms with Crippen molar-refractivity contribution in [1.82, 2.24) is 9.21 Å². The minimum absolute atomic E-state index is 0.000982. The molecule has 0 spiro atoms. The van der Waals surface area contributed by atoms with Gasteiger partial charge in [-0.3, -0.25) is 19.3 Å². The lowest BCUT2D eigenvalue weighted by Gasteiger charge is -2.27. The minimum Gasteiger partial charge on any atom is -0.462 e. The van der Waals surface area contributed by atoms with Gasteiger partial charge in [0.2, 0.25) is 11.8 Å². The first-order chi connectivity index (χ1) is 15.6. The first-order valence-corrected chi connectivity index (χ1v) is 12.4. The molecule has 4 rings (SSSR count). The van der Waals surface area contributed by atoms with Gasteiger partial charge in [0.1, 0.15) is 17.5 Å². The van der Waals surface area contributed by atoms with Gasteiger partial charge in [0.15, 0.2) is 0 Å². The van der Waals surface area contributed by atoms with Crippen LogP contribution in [0.15, 0.2) is 41.3 Å². The molecule has 0 saturated carbocycles. The zero-order valence-corrected chi connectivity index (χ0v) is 19.3. The number of amides is 3. The number of benzene rings is 1. The third kappa shape index (κ3) is 3.96. The average molecular weight is 475 g/mol. The minimum atomic E-state index is -4.01. The molecule has 1 saturated heterocycles. The van der Waals surface area contributed by atoms with Gasteiger partial charge in [0, 0.05) is 0 Å². The summed E-state index contributed by atoms with van der Waals surface area (Å²) in [6.45, 7) is 3.00. The Kier molecular flexibility index (Phi) is 6.13. The van der Waals surface area contributed by atoms with Crippen molar-refractivity contribution in [2.75, 3.05) is 13.2 Å². The fourth-order valence-electron chi connectivity index (χ4n) is 4.66. The summed E-state index contributed by atoms with van der Waals surface area (Å²) in [6.07, 6.45) is 4.90. The van der Waals surface area contributed by atoms with E-state index in [1.807, 2.05) is 26.0 Å². The standard InChI is InChI=1S/C23H26N2O7S/c1-14(2)13-18(25-21(27)15-7-3-4-8-16(15)22(25)28)23(29)32-12-11-24-20(26)17-9-5-6-10-19(17)33(24,30)31/h3-6,9-10,14-16,18H,7-8,11-13H2,1-2H3/t15-,16+,18-/m0/s1. The van der Waals surface area contributed by atoms with Crippen molar-refractivity contribution in [3.05, 3.63) is 42.0 Å². The van der Waals surface area contributed by atoms with Gasteiger partial charge in [-0.15, -0.1) is 0 Å². The molecule has 0 bridgehead atoms. The van der Waals surface area contributed by atoms with Crippen LogP contribution in [0.3, 0.4) is 0 Å². The first kappa shape index (κ1) is 23.2. The maximum atomic E-state index is 13.0. The van der Waals surface area contributed by atoms with Crippen LogP contribution < -0.4 is 0 Å². The van der Waals surface area contributed by atoms with Crippen LogP contribution in [0.2, 0.25) is 0 Å². The third-order valence-corrected chi connectivity index (χ3v) is 8.11. The number of allylic oxidation sites excluding steroid dienone is 2. The zero-order valence-electron chi connectivity index (χ0n) is 18.5. The van der Waals surface area contributed by atoms with E-state index >= 15 is 0 Å². The quantitative estimate of drug-likeness (QED) is 0.336. The second kappa shape index (κ2) is 8.74. The number of likely N-dealkylation sites (tertiary alicyclic amines) is 1. The molecule has 0 unspecified atom stereocenters. The zero-order chi connectivity index (χ0) is 23.9. The Morgan fingerprint density at radius 1 is 1.06 bits per heavy atom. The summed E-state index contributed by atoms with van der Waals surface area (Å²) >= 11 is 0. The number of rotatable bonds is 7. The Labute approximate surface area is 192 Å². The van der Waals surface area contributed by atoms with Gasteiger partial charge >= 0.3 is 5.97 Å². The number of esters is 1. The number of ether oxygens (including phenoxy) is 1. The maximum absolute atomic E-state index is 13.0. The second-order valence-corrected chi connectivity index (χ2v) is 10.7. The van der Waals surface area contributed by atoms with Crippen molar-refractivity contribution in [1.29, 1.82) is 0 Å². The molecule has 2 aliphatic heterocycles. The van der Waals surface area contributed by atoms with Crippen LogP contribution in [0.1, 0.15) is 43.5 Å². The summed E-state index contributed by atoms with van der Waals surface area (Å²) in [6, 6.07) is 4.80. The Morgan fingerprint density at radius 2 is 1.67 bits per heavy atom. The number of hydrogen-bond donors (Lipinski definition) is 0. The van der Waals surface area contributed by atoms with Crippen LogP contribution in [0.4, 0.5) is 0 Å². The van der Waals surface area contributed by atoms with Crippen molar-refractivity contribution in [2.24, 2.45) is 17.8 Å². The molecule has 1 aliphatic carbocycles. The van der Waals surface area contributed by atoms with Gasteiger partial charge in [-0.1, -0.05) is 38.1 Å². The van der Waals surface area contributed by atoms with Crippen molar-refractivity contribution in [3.63, 3.8) is 0 Å². The number of carbonyl (C=O) groups is 4. The predicted molar refractivity (Wildman–Crippen MR) is 116 cm³/mol. The first-order valence-electron chi connectivity index (χ1n) is 11.0. The van der Waals surface area contributed by atoms with Crippen LogP contribution in [-0.4, -0.2) is 60.5 Å². The maximum Gasteiger partial charge on any atom is 0.329 e. The van der Waals surface area contributed by atoms with E-state index in [0.717, 1.165) is 4.90 Å². The van der Waals surface area contributed by atoms with E-state index < -0.39 is 39.8 Å². The van der Waals surface area contributed by atoms with Crippen LogP contribution in [0.25, 0.3) is 0 Å². The van der Waals surface area contributed by atoms with Crippen LogP contribution >= 0.6 is 0 Å². The highest BCUT2D eigenvalue weighted by molar-refractivity contribution is 7.90. The fourth-order valence-corrected chi connectivity index (χ4v) is 6.22. The van der Waals surface area contributed by atoms with E-state index in [-0.39, 0.29) is 47.8 Å². The molecule has 10 heteroatoms. The molecule has 0 N–H and O–H groups in total. The normalized spacial score (nSPS) is 24.3. The molecular weight excluding hydrogens is 448 g/mol. The topological polar surface area (TPSA) is 118 Å². The van der Waals surface area contributed by atoms with E-state index in [1.54, 1.807) is 6.07 Å². The molecular formula is C23H26N2O7S. The number of nitrogens with zero attached hydrogens (tertiary/aromatic N) is 2. The fraction of sp³-hybridized carbons (Fsp3) is 0.478. The second-order valence-electron chi connectivity index (χ2n) is 8.89. The van der Waals surface area contributed by atoms with Gasteiger partial charge in [-0.05, 0) is 37.3 Å². The lowest BCUT2D eigenvalue weighted by Crippen LogP contribution is -2.47. The molecule has 3 atom stereocenters. The lowest BCUT2D eigenvalue weighted by atomic mass is 9.85. The summed E-state index contributed by atoms with van der Waals surface area (Å²) in [5, 5.41) is 0. The number of imide groups is 1. The number of carbonyl (C=O) groups excluding carboxylic acids is 4. The van der Waals surface area contributed by atoms with Crippen molar-refractivity contribution < 1.29 is 32.3 Å². The van der Waals surface area contributed by atoms with Crippen molar-refractivity contribution in [2.45, 2.75) is 44.0 Å². The summed E-state index contributed by atoms with van der Waals surface area (Å²) in [5.74, 6) is -3.12. The van der Waals surface area contributed by atoms with Gasteiger partial charge in [-0.2, -0.15) is 0 Å². The molecule has 1 aromatic carbocycles. The van der Waals surface area contributed by atoms with E-state index in [1.165, 1.54) is 18.2 Å². The Morgan fingerprint density at radius 3 is 2.24 bits per heavy atom. The van der Waals surface area contributed by atoms with Crippen molar-refractivity contribution in [3.8, 4) is 0 Å². The summed E-state index contributed by atoms with van der Waals surface area (Å²) in [5.41, 5.74) is 0.0750. The Bertz CT molecular complexity index is 1120. The summed E-state index contributed by atoms with van der Waals surface area (Å²) < 4.78 is 31.3. The third-order valence-electron chi connectivity index (χ3n) is 6.27. The highest BCUT2D eigenvalue weighted by Crippen LogP contribution is 2.37. The SMILES string of the molecule is CC(C)C[C@@H](C(=O)OCCN1C(=O)c2ccccc2S1(=O)=O)N1C(=O)[C@H]2CC=CC[C@H]2C1=O. The largest absolute Gasteiger partial charge is 0.462 e. The van der Waals surface area contributed by atoms with E-state index in [9.17, 15) is 27.6 Å². The molecule has 1 aromatic rings. The monoisotopic (exact) mass is 474 g/mol. The molecule has 176 valence electrons. The number of sulfonamides is 1. The molecule has 3 aliphatic rings. The van der Waals surface area contributed by atoms with Crippen LogP contribution in [0.5, 0.6) is 0 Å². The average Bonchev–Trinajstić information content (AvgIpc) is 3.15. The molecule has 2 heterocycles. The predicted octanol–water partition coefficient (Wildman–Crippen LogP) is 1.74. The van der Waals surface area contributed by atoms with Gasteiger partial charge in [0.05, 0.1) is 23.9 Å². The number of hydrogen-bond acceptors (Lipinski definition) is 7. The lowest BCUT2D eigenvalue weighted by molar-refractivity contribution is -0.159. The molecule has 3 amide bonds. The van der Waals surface area contributed by atoms with E-state index in [0.29, 0.717) is 17.1 Å². The van der Waals surface area contributed by atoms with Crippen molar-refractivity contribution >= 4 is 33.7 Å². The van der Waals surface area contributed by atoms with E-state index in [4.69, 9.17) is 4.74 Å². The smallest absolute Gasteiger partial charge is 0.329 e. The van der Waals surface area contributed by atoms with Gasteiger partial charge < -0.3 is 4.74 Å². The van der Waals surface area contributed by atoms with E-state index in [2.05, 4.69) is 0 Å². The molecule has 33 heavy (non-hydrogen) atoms. The molecule has 0 radical (unpaired) electrons. The van der Waals surface area contributed by atoms with Gasteiger partial charge in [-0.25, -0.2) is 17.5 Å². The molecule has 1 fully saturated rings. The molecule has 0 aromatic heterocycles.